The van der Waals surface area contributed by atoms with Gasteiger partial charge in [0, 0.05) is 18.8 Å². The van der Waals surface area contributed by atoms with Gasteiger partial charge < -0.3 is 10.1 Å². The molecule has 0 saturated carbocycles. The van der Waals surface area contributed by atoms with Gasteiger partial charge in [0.15, 0.2) is 0 Å². The summed E-state index contributed by atoms with van der Waals surface area (Å²) in [7, 11) is 0. The van der Waals surface area contributed by atoms with Crippen LogP contribution in [0.5, 0.6) is 0 Å². The Bertz CT molecular complexity index is 358. The molecule has 0 aromatic heterocycles. The molecule has 1 aromatic rings. The van der Waals surface area contributed by atoms with Gasteiger partial charge in [-0.15, -0.1) is 0 Å². The van der Waals surface area contributed by atoms with Gasteiger partial charge in [0.2, 0.25) is 0 Å². The molecule has 0 aliphatic carbocycles. The van der Waals surface area contributed by atoms with E-state index in [-0.39, 0.29) is 5.82 Å². The summed E-state index contributed by atoms with van der Waals surface area (Å²) in [5.74, 6) is -0.245. The minimum absolute atomic E-state index is 0.245. The van der Waals surface area contributed by atoms with Crippen LogP contribution in [0, 0.1) is 12.7 Å². The molecular weight excluding hydrogens is 285 g/mol. The van der Waals surface area contributed by atoms with Gasteiger partial charge in [0.05, 0.1) is 11.1 Å². The lowest BCUT2D eigenvalue weighted by atomic mass is 10.2. The van der Waals surface area contributed by atoms with E-state index in [9.17, 15) is 4.39 Å². The second kappa shape index (κ2) is 7.67. The molecule has 0 heterocycles. The van der Waals surface area contributed by atoms with E-state index in [1.165, 1.54) is 6.07 Å². The number of benzene rings is 1. The molecule has 0 atom stereocenters. The summed E-state index contributed by atoms with van der Waals surface area (Å²) in [6.07, 6.45) is 2.23. The van der Waals surface area contributed by atoms with E-state index in [0.717, 1.165) is 30.7 Å². The summed E-state index contributed by atoms with van der Waals surface area (Å²) < 4.78 is 19.2. The van der Waals surface area contributed by atoms with Gasteiger partial charge in [-0.2, -0.15) is 0 Å². The first-order valence-electron chi connectivity index (χ1n) is 5.92. The van der Waals surface area contributed by atoms with Crippen LogP contribution >= 0.6 is 15.9 Å². The molecule has 0 unspecified atom stereocenters. The monoisotopic (exact) mass is 303 g/mol. The van der Waals surface area contributed by atoms with Crippen LogP contribution in [0.2, 0.25) is 0 Å². The summed E-state index contributed by atoms with van der Waals surface area (Å²) in [6.45, 7) is 6.23. The minimum Gasteiger partial charge on any atom is -0.382 e. The van der Waals surface area contributed by atoms with E-state index < -0.39 is 0 Å². The third-order valence-electron chi connectivity index (χ3n) is 2.47. The minimum atomic E-state index is -0.245. The molecule has 0 aliphatic rings. The molecule has 0 amide bonds. The molecule has 1 aromatic carbocycles. The van der Waals surface area contributed by atoms with Crippen molar-refractivity contribution in [1.29, 1.82) is 0 Å². The van der Waals surface area contributed by atoms with E-state index in [0.29, 0.717) is 17.6 Å². The normalized spacial score (nSPS) is 10.6. The summed E-state index contributed by atoms with van der Waals surface area (Å²) in [5, 5.41) is 3.17. The van der Waals surface area contributed by atoms with E-state index in [2.05, 4.69) is 28.2 Å². The molecule has 0 radical (unpaired) electrons. The molecule has 0 aliphatic heterocycles. The lowest BCUT2D eigenvalue weighted by Crippen LogP contribution is -2.11. The number of rotatable bonds is 7. The Morgan fingerprint density at radius 1 is 1.35 bits per heavy atom. The van der Waals surface area contributed by atoms with Gasteiger partial charge >= 0.3 is 0 Å². The highest BCUT2D eigenvalue weighted by atomic mass is 79.9. The molecule has 1 N–H and O–H groups in total. The average molecular weight is 304 g/mol. The summed E-state index contributed by atoms with van der Waals surface area (Å²) >= 11 is 3.16. The molecule has 1 rings (SSSR count). The summed E-state index contributed by atoms with van der Waals surface area (Å²) in [6, 6.07) is 3.28. The van der Waals surface area contributed by atoms with Crippen molar-refractivity contribution in [3.63, 3.8) is 0 Å². The van der Waals surface area contributed by atoms with Crippen molar-refractivity contribution in [2.75, 3.05) is 25.1 Å². The van der Waals surface area contributed by atoms with Crippen LogP contribution in [0.4, 0.5) is 10.1 Å². The lowest BCUT2D eigenvalue weighted by Gasteiger charge is -2.10. The second-order valence-electron chi connectivity index (χ2n) is 3.97. The van der Waals surface area contributed by atoms with E-state index >= 15 is 0 Å². The maximum absolute atomic E-state index is 13.3. The van der Waals surface area contributed by atoms with Crippen molar-refractivity contribution in [3.05, 3.63) is 28.0 Å². The number of halogens is 2. The number of unbranched alkanes of at least 4 members (excludes halogenated alkanes) is 1. The third-order valence-corrected chi connectivity index (χ3v) is 3.08. The Kier molecular flexibility index (Phi) is 6.52. The highest BCUT2D eigenvalue weighted by Crippen LogP contribution is 2.23. The van der Waals surface area contributed by atoms with Crippen LogP contribution in [0.15, 0.2) is 16.6 Å². The lowest BCUT2D eigenvalue weighted by molar-refractivity contribution is 0.141. The molecule has 0 fully saturated rings. The Morgan fingerprint density at radius 2 is 2.12 bits per heavy atom. The average Bonchev–Trinajstić information content (AvgIpc) is 2.30. The topological polar surface area (TPSA) is 21.3 Å². The molecule has 0 bridgehead atoms. The van der Waals surface area contributed by atoms with Crippen molar-refractivity contribution >= 4 is 21.6 Å². The quantitative estimate of drug-likeness (QED) is 0.765. The Hall–Kier alpha value is -0.610. The van der Waals surface area contributed by atoms with Crippen LogP contribution in [0.3, 0.4) is 0 Å². The Labute approximate surface area is 111 Å². The zero-order valence-electron chi connectivity index (χ0n) is 10.4. The number of hydrogen-bond acceptors (Lipinski definition) is 2. The maximum Gasteiger partial charge on any atom is 0.139 e. The summed E-state index contributed by atoms with van der Waals surface area (Å²) in [5.41, 5.74) is 1.84. The Morgan fingerprint density at radius 3 is 2.82 bits per heavy atom. The van der Waals surface area contributed by atoms with Crippen LogP contribution in [0.1, 0.15) is 25.3 Å². The number of ether oxygens (including phenoxy) is 1. The molecular formula is C13H19BrFNO. The fourth-order valence-corrected chi connectivity index (χ4v) is 1.90. The number of nitrogens with one attached hydrogen (secondary N) is 1. The van der Waals surface area contributed by atoms with Crippen molar-refractivity contribution < 1.29 is 9.13 Å². The second-order valence-corrected chi connectivity index (χ2v) is 4.83. The first-order valence-corrected chi connectivity index (χ1v) is 6.71. The molecule has 2 nitrogen and oxygen atoms in total. The van der Waals surface area contributed by atoms with Gasteiger partial charge in [-0.05, 0) is 47.0 Å². The molecule has 0 spiro atoms. The third kappa shape index (κ3) is 5.04. The first kappa shape index (κ1) is 14.5. The molecule has 0 saturated heterocycles. The number of anilines is 1. The van der Waals surface area contributed by atoms with E-state index in [4.69, 9.17) is 4.74 Å². The highest BCUT2D eigenvalue weighted by Gasteiger charge is 2.04. The predicted octanol–water partition coefficient (Wildman–Crippen LogP) is 4.13. The maximum atomic E-state index is 13.3. The molecule has 96 valence electrons. The van der Waals surface area contributed by atoms with Gasteiger partial charge in [-0.25, -0.2) is 4.39 Å². The van der Waals surface area contributed by atoms with Crippen molar-refractivity contribution in [3.8, 4) is 0 Å². The van der Waals surface area contributed by atoms with Crippen molar-refractivity contribution in [2.24, 2.45) is 0 Å². The zero-order chi connectivity index (χ0) is 12.7. The summed E-state index contributed by atoms with van der Waals surface area (Å²) in [4.78, 5) is 0. The van der Waals surface area contributed by atoms with Gasteiger partial charge in [-0.1, -0.05) is 13.3 Å². The fourth-order valence-electron chi connectivity index (χ4n) is 1.44. The van der Waals surface area contributed by atoms with Crippen LogP contribution in [-0.4, -0.2) is 19.8 Å². The van der Waals surface area contributed by atoms with Crippen molar-refractivity contribution in [2.45, 2.75) is 26.7 Å². The SMILES string of the molecule is CCCCOCCNc1cc(F)c(Br)cc1C. The highest BCUT2D eigenvalue weighted by molar-refractivity contribution is 9.10. The van der Waals surface area contributed by atoms with Gasteiger partial charge in [0.25, 0.3) is 0 Å². The Balaban J connectivity index is 2.34. The van der Waals surface area contributed by atoms with Gasteiger partial charge in [0.1, 0.15) is 5.82 Å². The zero-order valence-corrected chi connectivity index (χ0v) is 11.9. The number of hydrogen-bond donors (Lipinski definition) is 1. The predicted molar refractivity (Wildman–Crippen MR) is 73.1 cm³/mol. The number of aryl methyl sites for hydroxylation is 1. The molecule has 4 heteroatoms. The van der Waals surface area contributed by atoms with Crippen LogP contribution < -0.4 is 5.32 Å². The smallest absolute Gasteiger partial charge is 0.139 e. The largest absolute Gasteiger partial charge is 0.382 e. The van der Waals surface area contributed by atoms with Gasteiger partial charge in [-0.3, -0.25) is 0 Å². The fraction of sp³-hybridized carbons (Fsp3) is 0.538. The van der Waals surface area contributed by atoms with Crippen molar-refractivity contribution in [1.82, 2.24) is 0 Å². The van der Waals surface area contributed by atoms with E-state index in [1.54, 1.807) is 6.07 Å². The first-order chi connectivity index (χ1) is 8.15. The van der Waals surface area contributed by atoms with E-state index in [1.807, 2.05) is 6.92 Å². The standard InChI is InChI=1S/C13H19BrFNO/c1-3-4-6-17-7-5-16-13-9-12(15)11(14)8-10(13)2/h8-9,16H,3-7H2,1-2H3. The molecule has 17 heavy (non-hydrogen) atoms. The van der Waals surface area contributed by atoms with Crippen LogP contribution in [0.25, 0.3) is 0 Å². The van der Waals surface area contributed by atoms with Crippen LogP contribution in [-0.2, 0) is 4.74 Å².